The minimum Gasteiger partial charge on any atom is -0.380 e. The third-order valence-corrected chi connectivity index (χ3v) is 5.26. The second kappa shape index (κ2) is 4.86. The van der Waals surface area contributed by atoms with E-state index in [1.165, 1.54) is 31.7 Å². The Morgan fingerprint density at radius 2 is 2.10 bits per heavy atom. The molecule has 2 bridgehead atoms. The van der Waals surface area contributed by atoms with Crippen molar-refractivity contribution in [3.05, 3.63) is 35.8 Å². The highest BCUT2D eigenvalue weighted by Gasteiger charge is 2.40. The topological polar surface area (TPSA) is 52.0 Å². The van der Waals surface area contributed by atoms with Gasteiger partial charge < -0.3 is 10.3 Å². The number of hydrogen-bond donors (Lipinski definition) is 1. The van der Waals surface area contributed by atoms with Gasteiger partial charge in [0.15, 0.2) is 5.82 Å². The molecule has 2 aliphatic carbocycles. The van der Waals surface area contributed by atoms with Crippen LogP contribution in [0.4, 0.5) is 10.2 Å². The van der Waals surface area contributed by atoms with Crippen LogP contribution in [0.1, 0.15) is 31.4 Å². The monoisotopic (exact) mass is 286 g/mol. The summed E-state index contributed by atoms with van der Waals surface area (Å²) in [6.07, 6.45) is 6.15. The molecule has 2 N–H and O–H groups in total. The summed E-state index contributed by atoms with van der Waals surface area (Å²) in [5.74, 6) is 3.09. The molecule has 4 rings (SSSR count). The van der Waals surface area contributed by atoms with Crippen molar-refractivity contribution in [2.45, 2.75) is 32.1 Å². The summed E-state index contributed by atoms with van der Waals surface area (Å²) in [6.45, 7) is 0. The zero-order valence-corrected chi connectivity index (χ0v) is 11.9. The summed E-state index contributed by atoms with van der Waals surface area (Å²) in [6, 6.07) is 6.68. The van der Waals surface area contributed by atoms with Crippen molar-refractivity contribution < 1.29 is 8.91 Å². The van der Waals surface area contributed by atoms with Crippen molar-refractivity contribution in [2.24, 2.45) is 17.8 Å². The van der Waals surface area contributed by atoms with Crippen molar-refractivity contribution in [3.63, 3.8) is 0 Å². The van der Waals surface area contributed by atoms with Crippen LogP contribution >= 0.6 is 0 Å². The van der Waals surface area contributed by atoms with Crippen LogP contribution in [0, 0.1) is 23.6 Å². The van der Waals surface area contributed by atoms with Crippen LogP contribution in [-0.4, -0.2) is 5.16 Å². The summed E-state index contributed by atoms with van der Waals surface area (Å²) in [4.78, 5) is 0. The number of nitrogen functional groups attached to an aromatic ring is 1. The predicted molar refractivity (Wildman–Crippen MR) is 79.0 cm³/mol. The number of nitrogens with two attached hydrogens (primary N) is 1. The van der Waals surface area contributed by atoms with Gasteiger partial charge in [0.2, 0.25) is 0 Å². The van der Waals surface area contributed by atoms with Gasteiger partial charge in [-0.05, 0) is 43.1 Å². The maximum Gasteiger partial charge on any atom is 0.175 e. The Hall–Kier alpha value is -1.84. The van der Waals surface area contributed by atoms with E-state index >= 15 is 0 Å². The Labute approximate surface area is 123 Å². The van der Waals surface area contributed by atoms with E-state index < -0.39 is 0 Å². The molecule has 0 aliphatic heterocycles. The molecule has 1 heterocycles. The standard InChI is InChI=1S/C17H19FN2O/c18-14-4-2-1-3-13(14)16-15(21-20-17(16)19)9-12-8-10-5-6-11(12)7-10/h1-4,10-12H,5-9H2,(H2,19,20). The Kier molecular flexibility index (Phi) is 2.98. The SMILES string of the molecule is Nc1noc(CC2CC3CCC2C3)c1-c1ccccc1F. The smallest absolute Gasteiger partial charge is 0.175 e. The third-order valence-electron chi connectivity index (χ3n) is 5.26. The number of fused-ring (bicyclic) bond motifs is 2. The fraction of sp³-hybridized carbons (Fsp3) is 0.471. The number of rotatable bonds is 3. The molecule has 0 spiro atoms. The molecule has 2 saturated carbocycles. The maximum atomic E-state index is 14.1. The molecule has 1 aromatic carbocycles. The van der Waals surface area contributed by atoms with Crippen LogP contribution < -0.4 is 5.73 Å². The number of anilines is 1. The van der Waals surface area contributed by atoms with Crippen LogP contribution in [0.5, 0.6) is 0 Å². The van der Waals surface area contributed by atoms with Crippen molar-refractivity contribution in [2.75, 3.05) is 5.73 Å². The summed E-state index contributed by atoms with van der Waals surface area (Å²) in [5.41, 5.74) is 7.06. The lowest BCUT2D eigenvalue weighted by atomic mass is 9.84. The molecule has 0 radical (unpaired) electrons. The fourth-order valence-corrected chi connectivity index (χ4v) is 4.29. The summed E-state index contributed by atoms with van der Waals surface area (Å²) >= 11 is 0. The predicted octanol–water partition coefficient (Wildman–Crippen LogP) is 4.04. The number of aromatic nitrogens is 1. The highest BCUT2D eigenvalue weighted by Crippen LogP contribution is 2.50. The van der Waals surface area contributed by atoms with Gasteiger partial charge in [-0.25, -0.2) is 4.39 Å². The number of hydrogen-bond acceptors (Lipinski definition) is 3. The van der Waals surface area contributed by atoms with E-state index in [0.29, 0.717) is 22.9 Å². The van der Waals surface area contributed by atoms with Gasteiger partial charge in [-0.2, -0.15) is 0 Å². The Morgan fingerprint density at radius 3 is 2.81 bits per heavy atom. The maximum absolute atomic E-state index is 14.1. The van der Waals surface area contributed by atoms with Gasteiger partial charge in [0.25, 0.3) is 0 Å². The molecular weight excluding hydrogens is 267 g/mol. The molecule has 3 nitrogen and oxygen atoms in total. The highest BCUT2D eigenvalue weighted by atomic mass is 19.1. The molecule has 0 amide bonds. The van der Waals surface area contributed by atoms with E-state index in [9.17, 15) is 4.39 Å². The number of benzene rings is 1. The molecule has 0 saturated heterocycles. The van der Waals surface area contributed by atoms with Gasteiger partial charge in [-0.1, -0.05) is 29.8 Å². The van der Waals surface area contributed by atoms with Crippen LogP contribution in [0.3, 0.4) is 0 Å². The normalized spacial score (nSPS) is 27.4. The minimum absolute atomic E-state index is 0.276. The van der Waals surface area contributed by atoms with E-state index in [1.54, 1.807) is 12.1 Å². The van der Waals surface area contributed by atoms with Crippen LogP contribution in [0.25, 0.3) is 11.1 Å². The van der Waals surface area contributed by atoms with Crippen molar-refractivity contribution in [3.8, 4) is 11.1 Å². The zero-order valence-electron chi connectivity index (χ0n) is 11.9. The van der Waals surface area contributed by atoms with Crippen LogP contribution in [0.15, 0.2) is 28.8 Å². The van der Waals surface area contributed by atoms with Gasteiger partial charge >= 0.3 is 0 Å². The van der Waals surface area contributed by atoms with Crippen molar-refractivity contribution >= 4 is 5.82 Å². The first-order valence-corrected chi connectivity index (χ1v) is 7.71. The van der Waals surface area contributed by atoms with Crippen LogP contribution in [-0.2, 0) is 6.42 Å². The van der Waals surface area contributed by atoms with E-state index in [1.807, 2.05) is 6.07 Å². The number of nitrogens with zero attached hydrogens (tertiary/aromatic N) is 1. The van der Waals surface area contributed by atoms with E-state index in [2.05, 4.69) is 5.16 Å². The molecule has 2 aromatic rings. The molecule has 1 aromatic heterocycles. The second-order valence-corrected chi connectivity index (χ2v) is 6.48. The van der Waals surface area contributed by atoms with Crippen molar-refractivity contribution in [1.29, 1.82) is 0 Å². The number of halogens is 1. The highest BCUT2D eigenvalue weighted by molar-refractivity contribution is 5.75. The Morgan fingerprint density at radius 1 is 1.24 bits per heavy atom. The van der Waals surface area contributed by atoms with Gasteiger partial charge in [0.05, 0.1) is 5.56 Å². The van der Waals surface area contributed by atoms with Crippen LogP contribution in [0.2, 0.25) is 0 Å². The average Bonchev–Trinajstić information content (AvgIpc) is 3.17. The largest absolute Gasteiger partial charge is 0.380 e. The molecule has 4 heteroatoms. The minimum atomic E-state index is -0.276. The quantitative estimate of drug-likeness (QED) is 0.926. The van der Waals surface area contributed by atoms with Gasteiger partial charge in [0.1, 0.15) is 11.6 Å². The summed E-state index contributed by atoms with van der Waals surface area (Å²) in [7, 11) is 0. The lowest BCUT2D eigenvalue weighted by Crippen LogP contribution is -2.13. The van der Waals surface area contributed by atoms with E-state index in [-0.39, 0.29) is 5.82 Å². The van der Waals surface area contributed by atoms with Gasteiger partial charge in [0, 0.05) is 12.0 Å². The molecule has 3 atom stereocenters. The van der Waals surface area contributed by atoms with E-state index in [0.717, 1.165) is 24.0 Å². The molecular formula is C17H19FN2O. The first kappa shape index (κ1) is 12.9. The van der Waals surface area contributed by atoms with Crippen molar-refractivity contribution in [1.82, 2.24) is 5.16 Å². The first-order chi connectivity index (χ1) is 10.2. The third kappa shape index (κ3) is 2.13. The molecule has 21 heavy (non-hydrogen) atoms. The second-order valence-electron chi connectivity index (χ2n) is 6.48. The lowest BCUT2D eigenvalue weighted by Gasteiger charge is -2.20. The zero-order chi connectivity index (χ0) is 14.4. The van der Waals surface area contributed by atoms with E-state index in [4.69, 9.17) is 10.3 Å². The Balaban J connectivity index is 1.66. The molecule has 110 valence electrons. The average molecular weight is 286 g/mol. The van der Waals surface area contributed by atoms with Gasteiger partial charge in [-0.3, -0.25) is 0 Å². The fourth-order valence-electron chi connectivity index (χ4n) is 4.29. The van der Waals surface area contributed by atoms with Gasteiger partial charge in [-0.15, -0.1) is 0 Å². The molecule has 3 unspecified atom stereocenters. The molecule has 2 aliphatic rings. The summed E-state index contributed by atoms with van der Waals surface area (Å²) < 4.78 is 19.5. The lowest BCUT2D eigenvalue weighted by molar-refractivity contribution is 0.294. The Bertz CT molecular complexity index is 667. The first-order valence-electron chi connectivity index (χ1n) is 7.71. The molecule has 2 fully saturated rings. The summed E-state index contributed by atoms with van der Waals surface area (Å²) in [5, 5.41) is 3.87.